The number of hydrogen-bond donors (Lipinski definition) is 0. The highest BCUT2D eigenvalue weighted by molar-refractivity contribution is 5.70. The van der Waals surface area contributed by atoms with Crippen LogP contribution in [0.15, 0.2) is 18.2 Å². The lowest BCUT2D eigenvalue weighted by atomic mass is 10.1. The topological polar surface area (TPSA) is 59.3 Å². The molecular formula is C14H17NO3. The molecule has 0 saturated carbocycles. The van der Waals surface area contributed by atoms with Crippen LogP contribution in [0.2, 0.25) is 0 Å². The van der Waals surface area contributed by atoms with Crippen LogP contribution in [0.25, 0.3) is 0 Å². The van der Waals surface area contributed by atoms with E-state index in [1.165, 1.54) is 0 Å². The zero-order valence-electron chi connectivity index (χ0n) is 10.9. The van der Waals surface area contributed by atoms with Crippen molar-refractivity contribution in [3.8, 4) is 11.8 Å². The summed E-state index contributed by atoms with van der Waals surface area (Å²) in [6, 6.07) is 7.69. The monoisotopic (exact) mass is 247 g/mol. The van der Waals surface area contributed by atoms with E-state index in [4.69, 9.17) is 14.7 Å². The lowest BCUT2D eigenvalue weighted by Gasteiger charge is -2.10. The van der Waals surface area contributed by atoms with Crippen molar-refractivity contribution in [3.05, 3.63) is 29.3 Å². The molecule has 0 aromatic heterocycles. The van der Waals surface area contributed by atoms with E-state index in [1.807, 2.05) is 31.2 Å². The lowest BCUT2D eigenvalue weighted by Crippen LogP contribution is -2.09. The molecule has 96 valence electrons. The third kappa shape index (κ3) is 4.10. The first-order chi connectivity index (χ1) is 8.56. The highest BCUT2D eigenvalue weighted by Gasteiger charge is 2.11. The molecule has 1 unspecified atom stereocenters. The Kier molecular flexibility index (Phi) is 5.19. The molecule has 0 aliphatic heterocycles. The first kappa shape index (κ1) is 14.0. The Balaban J connectivity index is 2.60. The number of nitrogens with zero attached hydrogens (tertiary/aromatic N) is 1. The third-order valence-corrected chi connectivity index (χ3v) is 2.52. The number of aryl methyl sites for hydroxylation is 1. The minimum absolute atomic E-state index is 0.116. The van der Waals surface area contributed by atoms with E-state index in [-0.39, 0.29) is 24.9 Å². The number of ether oxygens (including phenoxy) is 2. The maximum Gasteiger partial charge on any atom is 0.307 e. The molecule has 0 fully saturated rings. The van der Waals surface area contributed by atoms with E-state index in [0.717, 1.165) is 11.1 Å². The second-order valence-corrected chi connectivity index (χ2v) is 4.21. The van der Waals surface area contributed by atoms with E-state index < -0.39 is 0 Å². The van der Waals surface area contributed by atoms with E-state index in [2.05, 4.69) is 0 Å². The largest absolute Gasteiger partial charge is 0.496 e. The molecule has 0 spiro atoms. The van der Waals surface area contributed by atoms with E-state index in [1.54, 1.807) is 14.0 Å². The number of hydrogen-bond acceptors (Lipinski definition) is 4. The molecule has 0 N–H and O–H groups in total. The van der Waals surface area contributed by atoms with Gasteiger partial charge in [0.15, 0.2) is 0 Å². The van der Waals surface area contributed by atoms with Crippen LogP contribution in [-0.2, 0) is 16.1 Å². The molecule has 1 rings (SSSR count). The molecule has 1 aromatic carbocycles. The highest BCUT2D eigenvalue weighted by Crippen LogP contribution is 2.20. The fourth-order valence-electron chi connectivity index (χ4n) is 1.53. The molecule has 1 atom stereocenters. The summed E-state index contributed by atoms with van der Waals surface area (Å²) in [6.45, 7) is 3.82. The zero-order chi connectivity index (χ0) is 13.5. The summed E-state index contributed by atoms with van der Waals surface area (Å²) < 4.78 is 10.3. The van der Waals surface area contributed by atoms with Crippen LogP contribution in [0.3, 0.4) is 0 Å². The Morgan fingerprint density at radius 3 is 2.83 bits per heavy atom. The minimum atomic E-state index is -0.368. The summed E-state index contributed by atoms with van der Waals surface area (Å²) >= 11 is 0. The second-order valence-electron chi connectivity index (χ2n) is 4.21. The van der Waals surface area contributed by atoms with Gasteiger partial charge in [-0.1, -0.05) is 11.6 Å². The predicted octanol–water partition coefficient (Wildman–Crippen LogP) is 2.60. The molecular weight excluding hydrogens is 230 g/mol. The van der Waals surface area contributed by atoms with E-state index in [9.17, 15) is 4.79 Å². The summed E-state index contributed by atoms with van der Waals surface area (Å²) in [6.07, 6.45) is 0.116. The Morgan fingerprint density at radius 2 is 2.22 bits per heavy atom. The van der Waals surface area contributed by atoms with Gasteiger partial charge in [-0.3, -0.25) is 4.79 Å². The maximum absolute atomic E-state index is 11.5. The van der Waals surface area contributed by atoms with Crippen molar-refractivity contribution >= 4 is 5.97 Å². The van der Waals surface area contributed by atoms with Crippen molar-refractivity contribution in [2.45, 2.75) is 26.9 Å². The van der Waals surface area contributed by atoms with E-state index >= 15 is 0 Å². The van der Waals surface area contributed by atoms with Crippen LogP contribution >= 0.6 is 0 Å². The van der Waals surface area contributed by atoms with Crippen LogP contribution in [0.5, 0.6) is 5.75 Å². The number of rotatable bonds is 5. The van der Waals surface area contributed by atoms with Crippen molar-refractivity contribution in [2.24, 2.45) is 5.92 Å². The number of esters is 1. The molecule has 0 radical (unpaired) electrons. The smallest absolute Gasteiger partial charge is 0.307 e. The van der Waals surface area contributed by atoms with Gasteiger partial charge in [-0.25, -0.2) is 0 Å². The van der Waals surface area contributed by atoms with Gasteiger partial charge in [0.05, 0.1) is 25.5 Å². The Bertz CT molecular complexity index is 463. The van der Waals surface area contributed by atoms with Crippen LogP contribution in [0, 0.1) is 24.2 Å². The van der Waals surface area contributed by atoms with Crippen LogP contribution in [-0.4, -0.2) is 13.1 Å². The summed E-state index contributed by atoms with van der Waals surface area (Å²) in [5.74, 6) is 0.00578. The molecule has 4 nitrogen and oxygen atoms in total. The van der Waals surface area contributed by atoms with E-state index in [0.29, 0.717) is 5.75 Å². The second kappa shape index (κ2) is 6.65. The van der Waals surface area contributed by atoms with Crippen LogP contribution in [0.4, 0.5) is 0 Å². The molecule has 0 saturated heterocycles. The molecule has 0 aliphatic carbocycles. The zero-order valence-corrected chi connectivity index (χ0v) is 10.9. The van der Waals surface area contributed by atoms with Crippen molar-refractivity contribution in [1.82, 2.24) is 0 Å². The van der Waals surface area contributed by atoms with Gasteiger partial charge >= 0.3 is 5.97 Å². The van der Waals surface area contributed by atoms with Crippen molar-refractivity contribution in [1.29, 1.82) is 5.26 Å². The van der Waals surface area contributed by atoms with Crippen LogP contribution < -0.4 is 4.74 Å². The fourth-order valence-corrected chi connectivity index (χ4v) is 1.53. The normalized spacial score (nSPS) is 11.4. The quantitative estimate of drug-likeness (QED) is 0.750. The average Bonchev–Trinajstić information content (AvgIpc) is 2.36. The Labute approximate surface area is 107 Å². The van der Waals surface area contributed by atoms with Gasteiger partial charge in [0.25, 0.3) is 0 Å². The van der Waals surface area contributed by atoms with Gasteiger partial charge in [-0.2, -0.15) is 5.26 Å². The van der Waals surface area contributed by atoms with Crippen LogP contribution in [0.1, 0.15) is 24.5 Å². The Morgan fingerprint density at radius 1 is 1.50 bits per heavy atom. The molecule has 0 amide bonds. The number of benzene rings is 1. The Hall–Kier alpha value is -2.02. The minimum Gasteiger partial charge on any atom is -0.496 e. The molecule has 18 heavy (non-hydrogen) atoms. The molecule has 4 heteroatoms. The number of nitriles is 1. The standard InChI is InChI=1S/C14H17NO3/c1-10-4-5-13(17-3)12(6-10)9-18-14(16)7-11(2)8-15/h4-6,11H,7,9H2,1-3H3. The fraction of sp³-hybridized carbons (Fsp3) is 0.429. The molecule has 0 aliphatic rings. The molecule has 0 heterocycles. The summed E-state index contributed by atoms with van der Waals surface area (Å²) in [7, 11) is 1.58. The van der Waals surface area contributed by atoms with Gasteiger partial charge in [0.1, 0.15) is 12.4 Å². The summed E-state index contributed by atoms with van der Waals surface area (Å²) in [5, 5.41) is 8.61. The van der Waals surface area contributed by atoms with Gasteiger partial charge in [0, 0.05) is 5.56 Å². The van der Waals surface area contributed by atoms with Gasteiger partial charge in [0.2, 0.25) is 0 Å². The number of carbonyl (C=O) groups excluding carboxylic acids is 1. The molecule has 1 aromatic rings. The van der Waals surface area contributed by atoms with Crippen molar-refractivity contribution < 1.29 is 14.3 Å². The van der Waals surface area contributed by atoms with Gasteiger partial charge < -0.3 is 9.47 Å². The summed E-state index contributed by atoms with van der Waals surface area (Å²) in [5.41, 5.74) is 1.91. The van der Waals surface area contributed by atoms with Gasteiger partial charge in [-0.15, -0.1) is 0 Å². The molecule has 0 bridgehead atoms. The van der Waals surface area contributed by atoms with Crippen molar-refractivity contribution in [2.75, 3.05) is 7.11 Å². The first-order valence-electron chi connectivity index (χ1n) is 5.75. The number of methoxy groups -OCH3 is 1. The van der Waals surface area contributed by atoms with Crippen molar-refractivity contribution in [3.63, 3.8) is 0 Å². The summed E-state index contributed by atoms with van der Waals surface area (Å²) in [4.78, 5) is 11.5. The van der Waals surface area contributed by atoms with Gasteiger partial charge in [-0.05, 0) is 26.0 Å². The maximum atomic E-state index is 11.5. The first-order valence-corrected chi connectivity index (χ1v) is 5.75. The highest BCUT2D eigenvalue weighted by atomic mass is 16.5. The predicted molar refractivity (Wildman–Crippen MR) is 66.9 cm³/mol. The SMILES string of the molecule is COc1ccc(C)cc1COC(=O)CC(C)C#N. The lowest BCUT2D eigenvalue weighted by molar-refractivity contribution is -0.145. The number of carbonyl (C=O) groups is 1. The third-order valence-electron chi connectivity index (χ3n) is 2.52. The average molecular weight is 247 g/mol.